The standard InChI is InChI=1S/C30H46O4/c1-19(2)9-8-14-28(7)30(33)18-17-27(6)21-10-11-22-25(3,4)23(31)13-15-26(22,5)20(21)12-16-29(27,30)24(32)34-28/h10,12,19,22-23,31,33H,8-9,11,13-18H2,1-7H3. The maximum absolute atomic E-state index is 13.8. The van der Waals surface area contributed by atoms with Gasteiger partial charge >= 0.3 is 5.97 Å². The maximum Gasteiger partial charge on any atom is 0.317 e. The monoisotopic (exact) mass is 470 g/mol. The van der Waals surface area contributed by atoms with Crippen molar-refractivity contribution in [2.45, 2.75) is 124 Å². The predicted octanol–water partition coefficient (Wildman–Crippen LogP) is 6.11. The second kappa shape index (κ2) is 7.22. The largest absolute Gasteiger partial charge is 0.456 e. The van der Waals surface area contributed by atoms with Crippen LogP contribution in [0.3, 0.4) is 0 Å². The highest BCUT2D eigenvalue weighted by molar-refractivity contribution is 5.86. The number of carbonyl (C=O) groups excluding carboxylic acids is 1. The smallest absolute Gasteiger partial charge is 0.317 e. The Hall–Kier alpha value is -1.13. The van der Waals surface area contributed by atoms with Crippen molar-refractivity contribution < 1.29 is 19.7 Å². The van der Waals surface area contributed by atoms with Gasteiger partial charge in [0.15, 0.2) is 0 Å². The molecule has 0 bridgehead atoms. The Morgan fingerprint density at radius 3 is 2.44 bits per heavy atom. The molecule has 4 aliphatic carbocycles. The molecule has 7 unspecified atom stereocenters. The first-order chi connectivity index (χ1) is 15.7. The number of fused-ring (bicyclic) bond motifs is 4. The number of aliphatic hydroxyl groups excluding tert-OH is 1. The summed E-state index contributed by atoms with van der Waals surface area (Å²) in [4.78, 5) is 13.8. The molecule has 1 aliphatic heterocycles. The highest BCUT2D eigenvalue weighted by atomic mass is 16.6. The van der Waals surface area contributed by atoms with E-state index in [1.54, 1.807) is 0 Å². The molecule has 4 nitrogen and oxygen atoms in total. The lowest BCUT2D eigenvalue weighted by Gasteiger charge is -2.60. The van der Waals surface area contributed by atoms with Crippen LogP contribution in [0.5, 0.6) is 0 Å². The van der Waals surface area contributed by atoms with Crippen LogP contribution >= 0.6 is 0 Å². The molecule has 0 radical (unpaired) electrons. The first-order valence-corrected chi connectivity index (χ1v) is 13.8. The van der Waals surface area contributed by atoms with E-state index in [0.717, 1.165) is 38.5 Å². The minimum atomic E-state index is -1.15. The van der Waals surface area contributed by atoms with Crippen LogP contribution in [0, 0.1) is 33.5 Å². The van der Waals surface area contributed by atoms with Crippen molar-refractivity contribution in [2.75, 3.05) is 0 Å². The van der Waals surface area contributed by atoms with Gasteiger partial charge in [-0.15, -0.1) is 0 Å². The van der Waals surface area contributed by atoms with Crippen molar-refractivity contribution in [1.29, 1.82) is 0 Å². The van der Waals surface area contributed by atoms with Gasteiger partial charge in [-0.25, -0.2) is 0 Å². The molecule has 0 aromatic carbocycles. The number of allylic oxidation sites excluding steroid dienone is 4. The van der Waals surface area contributed by atoms with Gasteiger partial charge in [0.1, 0.15) is 16.6 Å². The highest BCUT2D eigenvalue weighted by Gasteiger charge is 2.82. The number of carbonyl (C=O) groups is 1. The average Bonchev–Trinajstić information content (AvgIpc) is 3.09. The Morgan fingerprint density at radius 2 is 1.76 bits per heavy atom. The fourth-order valence-electron chi connectivity index (χ4n) is 9.44. The summed E-state index contributed by atoms with van der Waals surface area (Å²) in [6, 6.07) is 0. The summed E-state index contributed by atoms with van der Waals surface area (Å²) >= 11 is 0. The van der Waals surface area contributed by atoms with Gasteiger partial charge in [0.25, 0.3) is 0 Å². The van der Waals surface area contributed by atoms with E-state index in [9.17, 15) is 15.0 Å². The van der Waals surface area contributed by atoms with Crippen molar-refractivity contribution in [3.8, 4) is 0 Å². The Balaban J connectivity index is 1.57. The van der Waals surface area contributed by atoms with E-state index in [4.69, 9.17) is 4.74 Å². The third-order valence-corrected chi connectivity index (χ3v) is 11.7. The summed E-state index contributed by atoms with van der Waals surface area (Å²) in [5.74, 6) is 0.774. The number of esters is 1. The molecule has 2 N–H and O–H groups in total. The van der Waals surface area contributed by atoms with Crippen LogP contribution in [0.4, 0.5) is 0 Å². The summed E-state index contributed by atoms with van der Waals surface area (Å²) in [5, 5.41) is 23.2. The number of cyclic esters (lactones) is 1. The molecule has 3 fully saturated rings. The van der Waals surface area contributed by atoms with Gasteiger partial charge in [0, 0.05) is 5.41 Å². The number of ether oxygens (including phenoxy) is 1. The molecule has 1 saturated heterocycles. The fourth-order valence-corrected chi connectivity index (χ4v) is 9.44. The molecule has 5 rings (SSSR count). The minimum absolute atomic E-state index is 0.0127. The maximum atomic E-state index is 13.8. The lowest BCUT2D eigenvalue weighted by molar-refractivity contribution is -0.158. The van der Waals surface area contributed by atoms with Crippen LogP contribution < -0.4 is 0 Å². The summed E-state index contributed by atoms with van der Waals surface area (Å²) in [6.45, 7) is 15.5. The molecule has 0 amide bonds. The predicted molar refractivity (Wildman–Crippen MR) is 134 cm³/mol. The van der Waals surface area contributed by atoms with E-state index >= 15 is 0 Å². The van der Waals surface area contributed by atoms with Crippen LogP contribution in [0.2, 0.25) is 0 Å². The SMILES string of the molecule is CC(C)CCCC1(C)OC(=O)C23CC=C4C(=CCC5C4(C)CCC(O)C5(C)C)C2(C)CCC13O. The van der Waals surface area contributed by atoms with Gasteiger partial charge in [-0.1, -0.05) is 60.1 Å². The molecule has 0 aromatic heterocycles. The molecule has 5 aliphatic rings. The summed E-state index contributed by atoms with van der Waals surface area (Å²) in [6.07, 6.45) is 11.8. The van der Waals surface area contributed by atoms with E-state index in [1.807, 2.05) is 6.92 Å². The van der Waals surface area contributed by atoms with E-state index < -0.39 is 22.0 Å². The molecule has 7 atom stereocenters. The zero-order valence-electron chi connectivity index (χ0n) is 22.5. The topological polar surface area (TPSA) is 66.8 Å². The zero-order valence-corrected chi connectivity index (χ0v) is 22.5. The molecule has 1 heterocycles. The van der Waals surface area contributed by atoms with Crippen molar-refractivity contribution >= 4 is 5.97 Å². The van der Waals surface area contributed by atoms with E-state index in [2.05, 4.69) is 53.7 Å². The Labute approximate surface area is 206 Å². The molecule has 4 heteroatoms. The third kappa shape index (κ3) is 2.65. The summed E-state index contributed by atoms with van der Waals surface area (Å²) in [7, 11) is 0. The van der Waals surface area contributed by atoms with Crippen molar-refractivity contribution in [2.24, 2.45) is 33.5 Å². The van der Waals surface area contributed by atoms with Crippen LogP contribution in [-0.2, 0) is 9.53 Å². The molecule has 190 valence electrons. The number of hydrogen-bond acceptors (Lipinski definition) is 4. The van der Waals surface area contributed by atoms with Crippen molar-refractivity contribution in [3.63, 3.8) is 0 Å². The molecule has 0 aromatic rings. The van der Waals surface area contributed by atoms with Gasteiger partial charge in [-0.2, -0.15) is 0 Å². The van der Waals surface area contributed by atoms with Gasteiger partial charge in [-0.05, 0) is 92.1 Å². The van der Waals surface area contributed by atoms with Gasteiger partial charge in [0.2, 0.25) is 0 Å². The molecular formula is C30H46O4. The number of hydrogen-bond donors (Lipinski definition) is 2. The van der Waals surface area contributed by atoms with E-state index in [1.165, 1.54) is 11.1 Å². The molecule has 1 spiro atoms. The minimum Gasteiger partial charge on any atom is -0.456 e. The second-order valence-corrected chi connectivity index (χ2v) is 14.0. The number of rotatable bonds is 4. The highest BCUT2D eigenvalue weighted by Crippen LogP contribution is 2.76. The first-order valence-electron chi connectivity index (χ1n) is 13.8. The van der Waals surface area contributed by atoms with E-state index in [-0.39, 0.29) is 22.9 Å². The van der Waals surface area contributed by atoms with Crippen LogP contribution in [0.15, 0.2) is 23.3 Å². The van der Waals surface area contributed by atoms with Gasteiger partial charge < -0.3 is 14.9 Å². The van der Waals surface area contributed by atoms with Crippen LogP contribution in [0.25, 0.3) is 0 Å². The zero-order chi connectivity index (χ0) is 24.9. The first kappa shape index (κ1) is 24.6. The van der Waals surface area contributed by atoms with Crippen molar-refractivity contribution in [1.82, 2.24) is 0 Å². The van der Waals surface area contributed by atoms with Crippen molar-refractivity contribution in [3.05, 3.63) is 23.3 Å². The quantitative estimate of drug-likeness (QED) is 0.487. The van der Waals surface area contributed by atoms with E-state index in [0.29, 0.717) is 31.1 Å². The normalized spacial score (nSPS) is 48.9. The summed E-state index contributed by atoms with van der Waals surface area (Å²) < 4.78 is 6.21. The lowest BCUT2D eigenvalue weighted by Crippen LogP contribution is -2.61. The van der Waals surface area contributed by atoms with Crippen LogP contribution in [0.1, 0.15) is 106 Å². The van der Waals surface area contributed by atoms with Gasteiger partial charge in [0.05, 0.1) is 6.10 Å². The Bertz CT molecular complexity index is 961. The molecule has 34 heavy (non-hydrogen) atoms. The molecule has 2 saturated carbocycles. The lowest BCUT2D eigenvalue weighted by atomic mass is 9.43. The summed E-state index contributed by atoms with van der Waals surface area (Å²) in [5.41, 5.74) is -0.815. The third-order valence-electron chi connectivity index (χ3n) is 11.7. The second-order valence-electron chi connectivity index (χ2n) is 14.0. The van der Waals surface area contributed by atoms with Crippen LogP contribution in [-0.4, -0.2) is 33.5 Å². The Morgan fingerprint density at radius 1 is 1.06 bits per heavy atom. The average molecular weight is 471 g/mol. The van der Waals surface area contributed by atoms with Gasteiger partial charge in [-0.3, -0.25) is 4.79 Å². The fraction of sp³-hybridized carbons (Fsp3) is 0.833. The molecular weight excluding hydrogens is 424 g/mol. The Kier molecular flexibility index (Phi) is 5.21. The number of aliphatic hydroxyl groups is 2.